The Labute approximate surface area is 116 Å². The molecule has 0 rings (SSSR count). The monoisotopic (exact) mass is 304 g/mol. The molecule has 0 amide bonds. The van der Waals surface area contributed by atoms with E-state index in [0.717, 1.165) is 11.8 Å². The fraction of sp³-hybridized carbons (Fsp3) is 0.867. The standard InChI is InChI=1S/C15H29BrO/c16-14-12-10-8-6-4-2-1-3-5-7-9-11-13-15-17/h9,11,17H,1-8,10,12-15H2/b11-9+. The first kappa shape index (κ1) is 17.2. The smallest absolute Gasteiger partial charge is 0.0465 e. The van der Waals surface area contributed by atoms with Gasteiger partial charge in [-0.25, -0.2) is 0 Å². The van der Waals surface area contributed by atoms with Crippen molar-refractivity contribution in [3.8, 4) is 0 Å². The Hall–Kier alpha value is 0.180. The molecule has 0 aliphatic rings. The van der Waals surface area contributed by atoms with Gasteiger partial charge in [-0.1, -0.05) is 73.0 Å². The van der Waals surface area contributed by atoms with Gasteiger partial charge < -0.3 is 5.11 Å². The number of alkyl halides is 1. The lowest BCUT2D eigenvalue weighted by atomic mass is 10.1. The average Bonchev–Trinajstić information content (AvgIpc) is 2.35. The fourth-order valence-electron chi connectivity index (χ4n) is 1.90. The van der Waals surface area contributed by atoms with Crippen LogP contribution < -0.4 is 0 Å². The Balaban J connectivity index is 2.94. The van der Waals surface area contributed by atoms with Gasteiger partial charge in [0, 0.05) is 11.9 Å². The SMILES string of the molecule is OCC/C=C/CCCCCCCCCCCBr. The number of aliphatic hydroxyl groups is 1. The van der Waals surface area contributed by atoms with Gasteiger partial charge in [0.15, 0.2) is 0 Å². The largest absolute Gasteiger partial charge is 0.396 e. The molecule has 0 spiro atoms. The van der Waals surface area contributed by atoms with E-state index >= 15 is 0 Å². The van der Waals surface area contributed by atoms with E-state index in [9.17, 15) is 0 Å². The van der Waals surface area contributed by atoms with Crippen molar-refractivity contribution in [3.05, 3.63) is 12.2 Å². The van der Waals surface area contributed by atoms with Crippen molar-refractivity contribution in [2.45, 2.75) is 70.6 Å². The minimum absolute atomic E-state index is 0.283. The van der Waals surface area contributed by atoms with Crippen LogP contribution in [0.5, 0.6) is 0 Å². The molecule has 1 nitrogen and oxygen atoms in total. The van der Waals surface area contributed by atoms with Gasteiger partial charge in [0.2, 0.25) is 0 Å². The van der Waals surface area contributed by atoms with Crippen molar-refractivity contribution in [3.63, 3.8) is 0 Å². The average molecular weight is 305 g/mol. The first-order valence-corrected chi connectivity index (χ1v) is 8.35. The Morgan fingerprint density at radius 3 is 1.65 bits per heavy atom. The lowest BCUT2D eigenvalue weighted by Crippen LogP contribution is -1.82. The van der Waals surface area contributed by atoms with Gasteiger partial charge in [0.25, 0.3) is 0 Å². The maximum atomic E-state index is 8.59. The minimum Gasteiger partial charge on any atom is -0.396 e. The predicted molar refractivity (Wildman–Crippen MR) is 80.8 cm³/mol. The minimum atomic E-state index is 0.283. The van der Waals surface area contributed by atoms with Crippen LogP contribution in [0, 0.1) is 0 Å². The summed E-state index contributed by atoms with van der Waals surface area (Å²) in [6.45, 7) is 0.283. The number of halogens is 1. The van der Waals surface area contributed by atoms with Gasteiger partial charge >= 0.3 is 0 Å². The van der Waals surface area contributed by atoms with E-state index in [0.29, 0.717) is 0 Å². The van der Waals surface area contributed by atoms with Crippen molar-refractivity contribution in [2.24, 2.45) is 0 Å². The molecule has 0 unspecified atom stereocenters. The molecule has 0 aromatic carbocycles. The molecule has 0 fully saturated rings. The zero-order chi connectivity index (χ0) is 12.6. The van der Waals surface area contributed by atoms with Crippen LogP contribution in [0.2, 0.25) is 0 Å². The molecule has 0 aromatic heterocycles. The van der Waals surface area contributed by atoms with Gasteiger partial charge in [-0.05, 0) is 25.7 Å². The summed E-state index contributed by atoms with van der Waals surface area (Å²) in [5.41, 5.74) is 0. The molecule has 0 aromatic rings. The number of unbranched alkanes of at least 4 members (excludes halogenated alkanes) is 9. The molecule has 2 heteroatoms. The number of allylic oxidation sites excluding steroid dienone is 1. The van der Waals surface area contributed by atoms with Gasteiger partial charge in [0.05, 0.1) is 0 Å². The third kappa shape index (κ3) is 16.2. The summed E-state index contributed by atoms with van der Waals surface area (Å²) in [7, 11) is 0. The molecule has 0 bridgehead atoms. The van der Waals surface area contributed by atoms with Gasteiger partial charge in [-0.2, -0.15) is 0 Å². The normalized spacial score (nSPS) is 11.4. The molecular weight excluding hydrogens is 276 g/mol. The van der Waals surface area contributed by atoms with Crippen LogP contribution in [0.15, 0.2) is 12.2 Å². The maximum Gasteiger partial charge on any atom is 0.0465 e. The summed E-state index contributed by atoms with van der Waals surface area (Å²) < 4.78 is 0. The van der Waals surface area contributed by atoms with E-state index in [1.807, 2.05) is 0 Å². The number of hydrogen-bond donors (Lipinski definition) is 1. The highest BCUT2D eigenvalue weighted by atomic mass is 79.9. The zero-order valence-corrected chi connectivity index (χ0v) is 12.8. The van der Waals surface area contributed by atoms with E-state index < -0.39 is 0 Å². The van der Waals surface area contributed by atoms with Crippen molar-refractivity contribution in [1.82, 2.24) is 0 Å². The number of aliphatic hydroxyl groups excluding tert-OH is 1. The molecule has 0 atom stereocenters. The Kier molecular flexibility index (Phi) is 16.4. The van der Waals surface area contributed by atoms with Crippen LogP contribution in [-0.2, 0) is 0 Å². The van der Waals surface area contributed by atoms with Crippen LogP contribution in [0.25, 0.3) is 0 Å². The third-order valence-corrected chi connectivity index (χ3v) is 3.53. The van der Waals surface area contributed by atoms with Crippen molar-refractivity contribution < 1.29 is 5.11 Å². The molecule has 0 saturated heterocycles. The summed E-state index contributed by atoms with van der Waals surface area (Å²) in [4.78, 5) is 0. The summed E-state index contributed by atoms with van der Waals surface area (Å²) in [5.74, 6) is 0. The van der Waals surface area contributed by atoms with E-state index in [1.54, 1.807) is 0 Å². The fourth-order valence-corrected chi connectivity index (χ4v) is 2.30. The van der Waals surface area contributed by atoms with Gasteiger partial charge in [-0.3, -0.25) is 0 Å². The molecule has 0 heterocycles. The second kappa shape index (κ2) is 16.2. The zero-order valence-electron chi connectivity index (χ0n) is 11.2. The highest BCUT2D eigenvalue weighted by Gasteiger charge is 1.91. The van der Waals surface area contributed by atoms with E-state index in [1.165, 1.54) is 64.2 Å². The van der Waals surface area contributed by atoms with Crippen molar-refractivity contribution in [2.75, 3.05) is 11.9 Å². The van der Waals surface area contributed by atoms with Crippen LogP contribution >= 0.6 is 15.9 Å². The van der Waals surface area contributed by atoms with Crippen LogP contribution in [-0.4, -0.2) is 17.0 Å². The first-order valence-electron chi connectivity index (χ1n) is 7.23. The highest BCUT2D eigenvalue weighted by Crippen LogP contribution is 2.11. The van der Waals surface area contributed by atoms with E-state index in [4.69, 9.17) is 5.11 Å². The quantitative estimate of drug-likeness (QED) is 0.281. The number of hydrogen-bond acceptors (Lipinski definition) is 1. The first-order chi connectivity index (χ1) is 8.41. The van der Waals surface area contributed by atoms with Crippen LogP contribution in [0.1, 0.15) is 70.6 Å². The Morgan fingerprint density at radius 2 is 1.12 bits per heavy atom. The maximum absolute atomic E-state index is 8.59. The number of rotatable bonds is 13. The molecular formula is C15H29BrO. The van der Waals surface area contributed by atoms with Gasteiger partial charge in [0.1, 0.15) is 0 Å². The molecule has 17 heavy (non-hydrogen) atoms. The van der Waals surface area contributed by atoms with E-state index in [-0.39, 0.29) is 6.61 Å². The predicted octanol–water partition coefficient (Wildman–Crippen LogP) is 5.22. The van der Waals surface area contributed by atoms with Crippen LogP contribution in [0.4, 0.5) is 0 Å². The lowest BCUT2D eigenvalue weighted by molar-refractivity contribution is 0.302. The van der Waals surface area contributed by atoms with Crippen molar-refractivity contribution in [1.29, 1.82) is 0 Å². The molecule has 102 valence electrons. The lowest BCUT2D eigenvalue weighted by Gasteiger charge is -2.01. The summed E-state index contributed by atoms with van der Waals surface area (Å²) >= 11 is 3.46. The Morgan fingerprint density at radius 1 is 0.647 bits per heavy atom. The topological polar surface area (TPSA) is 20.2 Å². The molecule has 0 saturated carbocycles. The summed E-state index contributed by atoms with van der Waals surface area (Å²) in [6.07, 6.45) is 18.7. The second-order valence-electron chi connectivity index (χ2n) is 4.64. The highest BCUT2D eigenvalue weighted by molar-refractivity contribution is 9.09. The second-order valence-corrected chi connectivity index (χ2v) is 5.44. The third-order valence-electron chi connectivity index (χ3n) is 2.97. The summed E-state index contributed by atoms with van der Waals surface area (Å²) in [5, 5.41) is 9.75. The molecule has 0 aliphatic heterocycles. The van der Waals surface area contributed by atoms with Gasteiger partial charge in [-0.15, -0.1) is 0 Å². The van der Waals surface area contributed by atoms with Crippen LogP contribution in [0.3, 0.4) is 0 Å². The van der Waals surface area contributed by atoms with E-state index in [2.05, 4.69) is 28.1 Å². The molecule has 1 N–H and O–H groups in total. The van der Waals surface area contributed by atoms with Crippen molar-refractivity contribution >= 4 is 15.9 Å². The molecule has 0 radical (unpaired) electrons. The summed E-state index contributed by atoms with van der Waals surface area (Å²) in [6, 6.07) is 0. The molecule has 0 aliphatic carbocycles. The Bertz CT molecular complexity index is 157.